The van der Waals surface area contributed by atoms with Crippen LogP contribution in [0, 0.1) is 19.5 Å². The minimum absolute atomic E-state index is 0.0491. The van der Waals surface area contributed by atoms with Gasteiger partial charge in [-0.3, -0.25) is 14.9 Å². The minimum atomic E-state index is -0.496. The van der Waals surface area contributed by atoms with Crippen molar-refractivity contribution >= 4 is 45.1 Å². The van der Waals surface area contributed by atoms with Gasteiger partial charge in [-0.2, -0.15) is 0 Å². The van der Waals surface area contributed by atoms with E-state index in [0.717, 1.165) is 10.9 Å². The number of amides is 1. The molecule has 1 amide bonds. The van der Waals surface area contributed by atoms with E-state index < -0.39 is 4.92 Å². The summed E-state index contributed by atoms with van der Waals surface area (Å²) >= 11 is 1.91. The first-order valence-electron chi connectivity index (χ1n) is 7.43. The molecule has 0 atom stereocenters. The molecule has 0 aliphatic rings. The smallest absolute Gasteiger partial charge is 0.270 e. The Morgan fingerprint density at radius 3 is 2.80 bits per heavy atom. The molecule has 0 spiro atoms. The van der Waals surface area contributed by atoms with Crippen molar-refractivity contribution in [2.45, 2.75) is 6.42 Å². The molecule has 8 heteroatoms. The predicted molar refractivity (Wildman–Crippen MR) is 100 cm³/mol. The largest absolute Gasteiger partial charge is 0.361 e. The fraction of sp³-hybridized carbons (Fsp3) is 0.118. The van der Waals surface area contributed by atoms with Crippen molar-refractivity contribution in [2.75, 3.05) is 6.54 Å². The number of carbonyl (C=O) groups is 1. The summed E-state index contributed by atoms with van der Waals surface area (Å²) in [4.78, 5) is 25.5. The molecule has 0 bridgehead atoms. The molecule has 3 aromatic rings. The van der Waals surface area contributed by atoms with Crippen molar-refractivity contribution in [3.8, 4) is 0 Å². The number of nitrogens with zero attached hydrogens (tertiary/aromatic N) is 1. The Hall–Kier alpha value is -2.49. The molecule has 0 radical (unpaired) electrons. The Balaban J connectivity index is 1.65. The van der Waals surface area contributed by atoms with Gasteiger partial charge in [-0.25, -0.2) is 4.39 Å². The number of nitro groups is 1. The molecule has 0 fully saturated rings. The van der Waals surface area contributed by atoms with Crippen molar-refractivity contribution in [1.29, 1.82) is 0 Å². The second-order valence-corrected chi connectivity index (χ2v) is 6.59. The van der Waals surface area contributed by atoms with Crippen molar-refractivity contribution in [1.82, 2.24) is 10.3 Å². The maximum absolute atomic E-state index is 13.2. The molecule has 1 aromatic heterocycles. The molecule has 3 rings (SSSR count). The average molecular weight is 453 g/mol. The van der Waals surface area contributed by atoms with Crippen LogP contribution in [-0.4, -0.2) is 22.4 Å². The lowest BCUT2D eigenvalue weighted by Gasteiger charge is -2.07. The van der Waals surface area contributed by atoms with Gasteiger partial charge in [-0.1, -0.05) is 0 Å². The first kappa shape index (κ1) is 17.3. The van der Waals surface area contributed by atoms with E-state index in [1.54, 1.807) is 12.3 Å². The summed E-state index contributed by atoms with van der Waals surface area (Å²) < 4.78 is 13.7. The maximum Gasteiger partial charge on any atom is 0.270 e. The summed E-state index contributed by atoms with van der Waals surface area (Å²) in [7, 11) is 0. The molecule has 0 aliphatic heterocycles. The molecule has 0 unspecified atom stereocenters. The van der Waals surface area contributed by atoms with Crippen molar-refractivity contribution in [3.63, 3.8) is 0 Å². The van der Waals surface area contributed by atoms with Gasteiger partial charge in [0.1, 0.15) is 5.82 Å². The Morgan fingerprint density at radius 1 is 1.28 bits per heavy atom. The molecule has 0 saturated carbocycles. The van der Waals surface area contributed by atoms with Gasteiger partial charge in [-0.05, 0) is 58.8 Å². The summed E-state index contributed by atoms with van der Waals surface area (Å²) in [6.45, 7) is 0.399. The van der Waals surface area contributed by atoms with E-state index >= 15 is 0 Å². The van der Waals surface area contributed by atoms with Crippen LogP contribution in [0.3, 0.4) is 0 Å². The van der Waals surface area contributed by atoms with E-state index in [1.165, 1.54) is 30.3 Å². The van der Waals surface area contributed by atoms with Crippen LogP contribution in [0.25, 0.3) is 10.9 Å². The minimum Gasteiger partial charge on any atom is -0.361 e. The summed E-state index contributed by atoms with van der Waals surface area (Å²) in [6, 6.07) is 8.66. The van der Waals surface area contributed by atoms with Gasteiger partial charge in [0.05, 0.1) is 10.5 Å². The average Bonchev–Trinajstić information content (AvgIpc) is 2.96. The van der Waals surface area contributed by atoms with Crippen LogP contribution in [0.5, 0.6) is 0 Å². The lowest BCUT2D eigenvalue weighted by molar-refractivity contribution is -0.384. The highest BCUT2D eigenvalue weighted by Gasteiger charge is 2.14. The van der Waals surface area contributed by atoms with Crippen molar-refractivity contribution in [3.05, 3.63) is 73.2 Å². The second kappa shape index (κ2) is 7.18. The molecule has 6 nitrogen and oxygen atoms in total. The molecule has 128 valence electrons. The first-order valence-corrected chi connectivity index (χ1v) is 8.51. The first-order chi connectivity index (χ1) is 12.0. The number of nitro benzene ring substituents is 1. The SMILES string of the molecule is O=C(NCCc1c[nH]c2cc(F)ccc12)c1ccc([N+](=O)[O-])cc1I. The van der Waals surface area contributed by atoms with Crippen LogP contribution in [0.4, 0.5) is 10.1 Å². The van der Waals surface area contributed by atoms with Crippen LogP contribution >= 0.6 is 22.6 Å². The van der Waals surface area contributed by atoms with Gasteiger partial charge in [0.25, 0.3) is 11.6 Å². The van der Waals surface area contributed by atoms with Gasteiger partial charge < -0.3 is 10.3 Å². The van der Waals surface area contributed by atoms with Gasteiger partial charge in [0.2, 0.25) is 0 Å². The molecular formula is C17H13FIN3O3. The molecular weight excluding hydrogens is 440 g/mol. The van der Waals surface area contributed by atoms with Gasteiger partial charge in [0.15, 0.2) is 0 Å². The fourth-order valence-electron chi connectivity index (χ4n) is 2.57. The number of H-pyrrole nitrogens is 1. The fourth-order valence-corrected chi connectivity index (χ4v) is 3.32. The van der Waals surface area contributed by atoms with E-state index in [2.05, 4.69) is 10.3 Å². The molecule has 2 aromatic carbocycles. The zero-order valence-electron chi connectivity index (χ0n) is 12.9. The highest BCUT2D eigenvalue weighted by Crippen LogP contribution is 2.21. The van der Waals surface area contributed by atoms with Crippen LogP contribution in [0.2, 0.25) is 0 Å². The maximum atomic E-state index is 13.2. The highest BCUT2D eigenvalue weighted by molar-refractivity contribution is 14.1. The molecule has 1 heterocycles. The number of non-ortho nitro benzene ring substituents is 1. The summed E-state index contributed by atoms with van der Waals surface area (Å²) in [5.41, 5.74) is 2.04. The number of hydrogen-bond donors (Lipinski definition) is 2. The number of nitrogens with one attached hydrogen (secondary N) is 2. The van der Waals surface area contributed by atoms with E-state index in [4.69, 9.17) is 0 Å². The molecule has 2 N–H and O–H groups in total. The van der Waals surface area contributed by atoms with Gasteiger partial charge >= 0.3 is 0 Å². The second-order valence-electron chi connectivity index (χ2n) is 5.43. The number of aromatic nitrogens is 1. The van der Waals surface area contributed by atoms with Crippen LogP contribution in [-0.2, 0) is 6.42 Å². The standard InChI is InChI=1S/C17H13FIN3O3/c18-11-1-3-13-10(9-21-16(13)7-11)5-6-20-17(23)14-4-2-12(22(24)25)8-15(14)19/h1-4,7-9,21H,5-6H2,(H,20,23). The van der Waals surface area contributed by atoms with Gasteiger partial charge in [-0.15, -0.1) is 0 Å². The zero-order valence-corrected chi connectivity index (χ0v) is 15.0. The Labute approximate surface area is 155 Å². The number of carbonyl (C=O) groups excluding carboxylic acids is 1. The van der Waals surface area contributed by atoms with E-state index in [-0.39, 0.29) is 17.4 Å². The Morgan fingerprint density at radius 2 is 2.08 bits per heavy atom. The number of rotatable bonds is 5. The third kappa shape index (κ3) is 3.78. The van der Waals surface area contributed by atoms with Crippen molar-refractivity contribution < 1.29 is 14.1 Å². The van der Waals surface area contributed by atoms with E-state index in [0.29, 0.717) is 27.6 Å². The number of aromatic amines is 1. The quantitative estimate of drug-likeness (QED) is 0.350. The summed E-state index contributed by atoms with van der Waals surface area (Å²) in [6.07, 6.45) is 2.38. The molecule has 0 saturated heterocycles. The number of fused-ring (bicyclic) bond motifs is 1. The van der Waals surface area contributed by atoms with Gasteiger partial charge in [0, 0.05) is 39.3 Å². The Bertz CT molecular complexity index is 971. The monoisotopic (exact) mass is 453 g/mol. The summed E-state index contributed by atoms with van der Waals surface area (Å²) in [5, 5.41) is 14.5. The third-order valence-corrected chi connectivity index (χ3v) is 4.71. The van der Waals surface area contributed by atoms with Crippen LogP contribution in [0.15, 0.2) is 42.6 Å². The predicted octanol–water partition coefficient (Wildman–Crippen LogP) is 3.79. The van der Waals surface area contributed by atoms with Crippen molar-refractivity contribution in [2.24, 2.45) is 0 Å². The normalized spacial score (nSPS) is 10.8. The van der Waals surface area contributed by atoms with Crippen LogP contribution in [0.1, 0.15) is 15.9 Å². The lowest BCUT2D eigenvalue weighted by Crippen LogP contribution is -2.26. The van der Waals surface area contributed by atoms with E-state index in [1.807, 2.05) is 22.6 Å². The summed E-state index contributed by atoms with van der Waals surface area (Å²) in [5.74, 6) is -0.591. The topological polar surface area (TPSA) is 88.0 Å². The Kier molecular flexibility index (Phi) is 4.98. The van der Waals surface area contributed by atoms with E-state index in [9.17, 15) is 19.3 Å². The lowest BCUT2D eigenvalue weighted by atomic mass is 10.1. The zero-order chi connectivity index (χ0) is 18.0. The molecule has 25 heavy (non-hydrogen) atoms. The number of halogens is 2. The highest BCUT2D eigenvalue weighted by atomic mass is 127. The number of hydrogen-bond acceptors (Lipinski definition) is 3. The molecule has 0 aliphatic carbocycles. The van der Waals surface area contributed by atoms with Crippen LogP contribution < -0.4 is 5.32 Å². The number of benzene rings is 2. The third-order valence-electron chi connectivity index (χ3n) is 3.82.